The molecule has 0 aromatic rings. The van der Waals surface area contributed by atoms with E-state index in [1.54, 1.807) is 0 Å². The quantitative estimate of drug-likeness (QED) is 0.209. The maximum absolute atomic E-state index is 8.57. The summed E-state index contributed by atoms with van der Waals surface area (Å²) in [5.74, 6) is 0. The van der Waals surface area contributed by atoms with Gasteiger partial charge in [0.15, 0.2) is 0 Å². The van der Waals surface area contributed by atoms with Crippen molar-refractivity contribution in [3.63, 3.8) is 0 Å². The summed E-state index contributed by atoms with van der Waals surface area (Å²) in [5.41, 5.74) is 0. The molecule has 0 spiro atoms. The molecule has 19 heavy (non-hydrogen) atoms. The van der Waals surface area contributed by atoms with E-state index in [9.17, 15) is 0 Å². The van der Waals surface area contributed by atoms with Gasteiger partial charge in [-0.3, -0.25) is 0 Å². The van der Waals surface area contributed by atoms with E-state index >= 15 is 0 Å². The third kappa shape index (κ3) is 1550. The van der Waals surface area contributed by atoms with Crippen molar-refractivity contribution in [1.82, 2.24) is 0 Å². The third-order valence-corrected chi connectivity index (χ3v) is 0. The van der Waals surface area contributed by atoms with E-state index in [0.29, 0.717) is 0 Å². The first-order chi connectivity index (χ1) is 8.49. The Morgan fingerprint density at radius 1 is 0.368 bits per heavy atom. The molecule has 0 rings (SSSR count). The van der Waals surface area contributed by atoms with Gasteiger partial charge >= 0.3 is 141 Å². The van der Waals surface area contributed by atoms with Crippen LogP contribution < -0.4 is 0 Å². The molecule has 0 fully saturated rings. The fourth-order valence-corrected chi connectivity index (χ4v) is 0. The molecule has 0 aliphatic carbocycles. The topological polar surface area (TPSA) is 224 Å². The van der Waals surface area contributed by atoms with E-state index in [0.717, 1.165) is 0 Å². The van der Waals surface area contributed by atoms with Crippen molar-refractivity contribution >= 4 is 131 Å². The SMILES string of the molecule is [Ca].[O]=[Al][OH].[O]=[Al][OH].[O]=[Al][OH].[O]=[Al][OH].[O]=[Al][OH].[O]=[Al][OH]. The summed E-state index contributed by atoms with van der Waals surface area (Å²) in [6.07, 6.45) is 0. The predicted octanol–water partition coefficient (Wildman–Crippen LogP) is -6.72. The van der Waals surface area contributed by atoms with Crippen LogP contribution in [0.1, 0.15) is 0 Å². The molecular weight excluding hydrogens is 394 g/mol. The number of hydrogen-bond donors (Lipinski definition) is 6. The summed E-state index contributed by atoms with van der Waals surface area (Å²) in [4.78, 5) is 0. The molecular formula is H6Al6CaO12. The average molecular weight is 400 g/mol. The Morgan fingerprint density at radius 2 is 0.368 bits per heavy atom. The van der Waals surface area contributed by atoms with Crippen molar-refractivity contribution in [3.05, 3.63) is 0 Å². The summed E-state index contributed by atoms with van der Waals surface area (Å²) < 4.78 is 94.0. The van der Waals surface area contributed by atoms with E-state index in [1.807, 2.05) is 0 Å². The minimum absolute atomic E-state index is 0. The van der Waals surface area contributed by atoms with Crippen molar-refractivity contribution in [2.24, 2.45) is 0 Å². The monoisotopic (exact) mass is 400 g/mol. The summed E-state index contributed by atoms with van der Waals surface area (Å²) in [6.45, 7) is 0. The van der Waals surface area contributed by atoms with Crippen LogP contribution in [0.25, 0.3) is 0 Å². The van der Waals surface area contributed by atoms with Crippen molar-refractivity contribution in [2.75, 3.05) is 0 Å². The second-order valence-corrected chi connectivity index (χ2v) is 1.90. The zero-order valence-electron chi connectivity index (χ0n) is 9.30. The molecule has 0 bridgehead atoms. The normalized spacial score (nSPS) is 2.53. The Bertz CT molecular complexity index is 114. The molecule has 0 atom stereocenters. The summed E-state index contributed by atoms with van der Waals surface area (Å²) in [6, 6.07) is 0. The van der Waals surface area contributed by atoms with Crippen LogP contribution in [0, 0.1) is 0 Å². The molecule has 0 aromatic heterocycles. The molecule has 0 heterocycles. The zero-order valence-corrected chi connectivity index (χ0v) is 18.4. The van der Waals surface area contributed by atoms with E-state index in [-0.39, 0.29) is 37.7 Å². The van der Waals surface area contributed by atoms with Crippen LogP contribution in [-0.2, 0) is 22.8 Å². The van der Waals surface area contributed by atoms with Gasteiger partial charge in [-0.15, -0.1) is 0 Å². The summed E-state index contributed by atoms with van der Waals surface area (Å²) in [5, 5.41) is 0. The van der Waals surface area contributed by atoms with Gasteiger partial charge in [0.05, 0.1) is 0 Å². The first-order valence-corrected chi connectivity index (χ1v) is 8.89. The standard InChI is InChI=1S/6Al.Ca.6H2O.6O/h;;;;;;;6*1H2;;;;;;/q6*+1;;;;;;;;;;;;;/p-6. The molecule has 0 aliphatic rings. The Labute approximate surface area is 175 Å². The first-order valence-electron chi connectivity index (χ1n) is 2.96. The van der Waals surface area contributed by atoms with Crippen LogP contribution >= 0.6 is 0 Å². The Hall–Kier alpha value is 2.05. The summed E-state index contributed by atoms with van der Waals surface area (Å²) >= 11 is -9.00. The van der Waals surface area contributed by atoms with Crippen molar-refractivity contribution in [3.8, 4) is 0 Å². The van der Waals surface area contributed by atoms with Crippen molar-refractivity contribution in [2.45, 2.75) is 0 Å². The molecule has 0 saturated heterocycles. The molecule has 19 heteroatoms. The Morgan fingerprint density at radius 3 is 0.368 bits per heavy atom. The Kier molecular flexibility index (Phi) is 253. The average Bonchev–Trinajstić information content (AvgIpc) is 2.23. The maximum atomic E-state index is 8.57. The molecule has 6 N–H and O–H groups in total. The molecule has 98 valence electrons. The van der Waals surface area contributed by atoms with E-state index in [1.165, 1.54) is 0 Å². The Balaban J connectivity index is -0.0000000180. The molecule has 0 aromatic carbocycles. The molecule has 0 aliphatic heterocycles. The van der Waals surface area contributed by atoms with Gasteiger partial charge in [0.2, 0.25) is 0 Å². The van der Waals surface area contributed by atoms with Crippen LogP contribution in [0.4, 0.5) is 0 Å². The molecule has 0 unspecified atom stereocenters. The first kappa shape index (κ1) is 42.9. The second kappa shape index (κ2) is 112. The predicted molar refractivity (Wildman–Crippen MR) is 57.7 cm³/mol. The zero-order chi connectivity index (χ0) is 16.2. The van der Waals surface area contributed by atoms with E-state index in [4.69, 9.17) is 47.8 Å². The van der Waals surface area contributed by atoms with Gasteiger partial charge in [-0.25, -0.2) is 0 Å². The fourth-order valence-electron chi connectivity index (χ4n) is 0. The molecule has 0 saturated carbocycles. The van der Waals surface area contributed by atoms with Crippen molar-refractivity contribution < 1.29 is 47.8 Å². The van der Waals surface area contributed by atoms with Gasteiger partial charge in [-0.05, 0) is 0 Å². The molecule has 12 nitrogen and oxygen atoms in total. The second-order valence-electron chi connectivity index (χ2n) is 0.632. The van der Waals surface area contributed by atoms with Gasteiger partial charge in [0.1, 0.15) is 0 Å². The minimum atomic E-state index is -1.50. The van der Waals surface area contributed by atoms with Crippen LogP contribution in [0.3, 0.4) is 0 Å². The van der Waals surface area contributed by atoms with Crippen LogP contribution in [0.5, 0.6) is 0 Å². The van der Waals surface area contributed by atoms with E-state index in [2.05, 4.69) is 0 Å². The van der Waals surface area contributed by atoms with Gasteiger partial charge in [0.25, 0.3) is 0 Å². The van der Waals surface area contributed by atoms with Crippen LogP contribution in [0.2, 0.25) is 0 Å². The van der Waals surface area contributed by atoms with E-state index < -0.39 is 92.9 Å². The molecule has 2 radical (unpaired) electrons. The van der Waals surface area contributed by atoms with Gasteiger partial charge in [-0.2, -0.15) is 0 Å². The van der Waals surface area contributed by atoms with Crippen LogP contribution in [0.15, 0.2) is 0 Å². The van der Waals surface area contributed by atoms with Gasteiger partial charge in [0, 0.05) is 37.7 Å². The number of rotatable bonds is 0. The fraction of sp³-hybridized carbons (Fsp3) is 0. The van der Waals surface area contributed by atoms with Gasteiger partial charge in [-0.1, -0.05) is 0 Å². The molecule has 0 amide bonds. The van der Waals surface area contributed by atoms with Gasteiger partial charge < -0.3 is 0 Å². The third-order valence-electron chi connectivity index (χ3n) is 0. The number of hydrogen-bond acceptors (Lipinski definition) is 6. The summed E-state index contributed by atoms with van der Waals surface area (Å²) in [7, 11) is 0. The van der Waals surface area contributed by atoms with Crippen molar-refractivity contribution in [1.29, 1.82) is 0 Å². The van der Waals surface area contributed by atoms with Crippen LogP contribution in [-0.4, -0.2) is 156 Å².